The van der Waals surface area contributed by atoms with Gasteiger partial charge in [0.1, 0.15) is 11.5 Å². The lowest BCUT2D eigenvalue weighted by Crippen LogP contribution is -2.49. The fourth-order valence-electron chi connectivity index (χ4n) is 4.99. The second-order valence-corrected chi connectivity index (χ2v) is 10.0. The maximum atomic E-state index is 5.15. The second-order valence-electron chi connectivity index (χ2n) is 10.0. The lowest BCUT2D eigenvalue weighted by atomic mass is 9.80. The molecule has 7 nitrogen and oxygen atoms in total. The number of pyridine rings is 2. The molecular formula is C25H29N7. The van der Waals surface area contributed by atoms with Crippen molar-refractivity contribution in [3.05, 3.63) is 42.0 Å². The molecular weight excluding hydrogens is 398 g/mol. The summed E-state index contributed by atoms with van der Waals surface area (Å²) in [6.07, 6.45) is 9.22. The molecule has 0 amide bonds. The first-order valence-corrected chi connectivity index (χ1v) is 11.6. The number of hydrogen-bond acceptors (Lipinski definition) is 6. The number of aromatic nitrogens is 5. The SMILES string of the molecule is Cc1cc2c(-c3nc(N[C@H]4CCNCC4(C)C)c4c(C5CC5)cncc4n3)ccnc2[nH]1. The largest absolute Gasteiger partial charge is 0.366 e. The Balaban J connectivity index is 1.55. The summed E-state index contributed by atoms with van der Waals surface area (Å²) in [5.74, 6) is 2.22. The number of nitrogens with zero attached hydrogens (tertiary/aromatic N) is 4. The van der Waals surface area contributed by atoms with Gasteiger partial charge < -0.3 is 15.6 Å². The van der Waals surface area contributed by atoms with Crippen molar-refractivity contribution in [2.45, 2.75) is 52.0 Å². The zero-order chi connectivity index (χ0) is 21.9. The normalized spacial score (nSPS) is 20.7. The molecule has 4 aromatic heterocycles. The third kappa shape index (κ3) is 3.32. The Hall–Kier alpha value is -3.06. The maximum absolute atomic E-state index is 5.15. The van der Waals surface area contributed by atoms with Crippen LogP contribution >= 0.6 is 0 Å². The number of anilines is 1. The van der Waals surface area contributed by atoms with Gasteiger partial charge in [0, 0.05) is 47.0 Å². The summed E-state index contributed by atoms with van der Waals surface area (Å²) in [5.41, 5.74) is 5.25. The van der Waals surface area contributed by atoms with Crippen LogP contribution in [0.4, 0.5) is 5.82 Å². The van der Waals surface area contributed by atoms with Gasteiger partial charge >= 0.3 is 0 Å². The van der Waals surface area contributed by atoms with Crippen LogP contribution in [0.15, 0.2) is 30.7 Å². The van der Waals surface area contributed by atoms with E-state index < -0.39 is 0 Å². The van der Waals surface area contributed by atoms with Gasteiger partial charge in [-0.1, -0.05) is 13.8 Å². The summed E-state index contributed by atoms with van der Waals surface area (Å²) >= 11 is 0. The Bertz CT molecular complexity index is 1320. The quantitative estimate of drug-likeness (QED) is 0.442. The zero-order valence-electron chi connectivity index (χ0n) is 18.9. The maximum Gasteiger partial charge on any atom is 0.163 e. The first-order valence-electron chi connectivity index (χ1n) is 11.6. The van der Waals surface area contributed by atoms with Crippen LogP contribution in [0.2, 0.25) is 0 Å². The molecule has 0 aromatic carbocycles. The Morgan fingerprint density at radius 3 is 2.81 bits per heavy atom. The fourth-order valence-corrected chi connectivity index (χ4v) is 4.99. The van der Waals surface area contributed by atoms with Crippen LogP contribution < -0.4 is 10.6 Å². The third-order valence-electron chi connectivity index (χ3n) is 7.01. The molecule has 1 aliphatic heterocycles. The smallest absolute Gasteiger partial charge is 0.163 e. The van der Waals surface area contributed by atoms with E-state index in [0.717, 1.165) is 58.5 Å². The van der Waals surface area contributed by atoms with Crippen molar-refractivity contribution >= 4 is 27.8 Å². The van der Waals surface area contributed by atoms with Gasteiger partial charge in [-0.05, 0) is 61.8 Å². The van der Waals surface area contributed by atoms with Crippen LogP contribution in [0, 0.1) is 12.3 Å². The highest BCUT2D eigenvalue weighted by Gasteiger charge is 2.34. The molecule has 2 aliphatic rings. The van der Waals surface area contributed by atoms with Crippen molar-refractivity contribution in [3.63, 3.8) is 0 Å². The van der Waals surface area contributed by atoms with Crippen molar-refractivity contribution in [2.75, 3.05) is 18.4 Å². The summed E-state index contributed by atoms with van der Waals surface area (Å²) in [6, 6.07) is 4.46. The Morgan fingerprint density at radius 2 is 2.00 bits per heavy atom. The van der Waals surface area contributed by atoms with Crippen molar-refractivity contribution < 1.29 is 0 Å². The molecule has 2 fully saturated rings. The lowest BCUT2D eigenvalue weighted by molar-refractivity contribution is 0.236. The molecule has 164 valence electrons. The second kappa shape index (κ2) is 7.24. The topological polar surface area (TPSA) is 91.4 Å². The van der Waals surface area contributed by atoms with E-state index in [9.17, 15) is 0 Å². The molecule has 1 aliphatic carbocycles. The summed E-state index contributed by atoms with van der Waals surface area (Å²) in [6.45, 7) is 8.69. The van der Waals surface area contributed by atoms with Gasteiger partial charge in [0.25, 0.3) is 0 Å². The van der Waals surface area contributed by atoms with E-state index in [-0.39, 0.29) is 5.41 Å². The van der Waals surface area contributed by atoms with Gasteiger partial charge in [-0.15, -0.1) is 0 Å². The van der Waals surface area contributed by atoms with Crippen LogP contribution in [0.5, 0.6) is 0 Å². The highest BCUT2D eigenvalue weighted by molar-refractivity contribution is 5.97. The molecule has 0 unspecified atom stereocenters. The van der Waals surface area contributed by atoms with E-state index >= 15 is 0 Å². The van der Waals surface area contributed by atoms with E-state index in [1.807, 2.05) is 31.6 Å². The monoisotopic (exact) mass is 427 g/mol. The Labute approximate surface area is 187 Å². The summed E-state index contributed by atoms with van der Waals surface area (Å²) in [7, 11) is 0. The molecule has 7 heteroatoms. The number of hydrogen-bond donors (Lipinski definition) is 3. The van der Waals surface area contributed by atoms with Crippen molar-refractivity contribution in [1.29, 1.82) is 0 Å². The molecule has 3 N–H and O–H groups in total. The van der Waals surface area contributed by atoms with Crippen LogP contribution in [-0.4, -0.2) is 44.1 Å². The number of aromatic amines is 1. The average Bonchev–Trinajstić information content (AvgIpc) is 3.54. The fraction of sp³-hybridized carbons (Fsp3) is 0.440. The first kappa shape index (κ1) is 19.6. The molecule has 0 spiro atoms. The molecule has 6 rings (SSSR count). The number of H-pyrrole nitrogens is 1. The van der Waals surface area contributed by atoms with Gasteiger partial charge in [-0.3, -0.25) is 4.98 Å². The minimum atomic E-state index is 0.129. The molecule has 0 bridgehead atoms. The Morgan fingerprint density at radius 1 is 1.12 bits per heavy atom. The number of nitrogens with one attached hydrogen (secondary N) is 3. The van der Waals surface area contributed by atoms with Gasteiger partial charge in [0.2, 0.25) is 0 Å². The van der Waals surface area contributed by atoms with Crippen LogP contribution in [0.25, 0.3) is 33.3 Å². The van der Waals surface area contributed by atoms with E-state index in [4.69, 9.17) is 9.97 Å². The van der Waals surface area contributed by atoms with Crippen LogP contribution in [0.1, 0.15) is 50.3 Å². The van der Waals surface area contributed by atoms with Crippen LogP contribution in [0.3, 0.4) is 0 Å². The predicted octanol–water partition coefficient (Wildman–Crippen LogP) is 4.55. The van der Waals surface area contributed by atoms with Crippen LogP contribution in [-0.2, 0) is 0 Å². The summed E-state index contributed by atoms with van der Waals surface area (Å²) in [4.78, 5) is 22.5. The zero-order valence-corrected chi connectivity index (χ0v) is 18.9. The molecule has 4 aromatic rings. The summed E-state index contributed by atoms with van der Waals surface area (Å²) < 4.78 is 0. The minimum absolute atomic E-state index is 0.129. The number of aryl methyl sites for hydroxylation is 1. The van der Waals surface area contributed by atoms with Gasteiger partial charge in [-0.25, -0.2) is 15.0 Å². The van der Waals surface area contributed by atoms with Gasteiger partial charge in [0.05, 0.1) is 11.7 Å². The lowest BCUT2D eigenvalue weighted by Gasteiger charge is -2.40. The number of fused-ring (bicyclic) bond motifs is 2. The molecule has 0 radical (unpaired) electrons. The van der Waals surface area contributed by atoms with Crippen molar-refractivity contribution in [1.82, 2.24) is 30.2 Å². The standard InChI is InChI=1S/C25H29N7/c1-14-10-17-16(6-9-28-22(17)29-14)23-30-19-12-27-11-18(15-4-5-15)21(19)24(32-23)31-20-7-8-26-13-25(20,2)3/h6,9-12,15,20,26H,4-5,7-8,13H2,1-3H3,(H,28,29)(H,30,31,32)/t20-/m0/s1. The van der Waals surface area contributed by atoms with Crippen molar-refractivity contribution in [3.8, 4) is 11.4 Å². The molecule has 32 heavy (non-hydrogen) atoms. The van der Waals surface area contributed by atoms with E-state index in [1.54, 1.807) is 0 Å². The predicted molar refractivity (Wildman–Crippen MR) is 128 cm³/mol. The highest BCUT2D eigenvalue weighted by Crippen LogP contribution is 2.45. The molecule has 1 saturated carbocycles. The number of piperidine rings is 1. The van der Waals surface area contributed by atoms with Gasteiger partial charge in [-0.2, -0.15) is 0 Å². The first-order chi connectivity index (χ1) is 15.5. The highest BCUT2D eigenvalue weighted by atomic mass is 15.1. The summed E-state index contributed by atoms with van der Waals surface area (Å²) in [5, 5.41) is 9.57. The van der Waals surface area contributed by atoms with E-state index in [1.165, 1.54) is 18.4 Å². The minimum Gasteiger partial charge on any atom is -0.366 e. The molecule has 5 heterocycles. The molecule has 1 saturated heterocycles. The van der Waals surface area contributed by atoms with E-state index in [0.29, 0.717) is 17.8 Å². The molecule has 1 atom stereocenters. The third-order valence-corrected chi connectivity index (χ3v) is 7.01. The van der Waals surface area contributed by atoms with Gasteiger partial charge in [0.15, 0.2) is 5.82 Å². The average molecular weight is 428 g/mol. The van der Waals surface area contributed by atoms with E-state index in [2.05, 4.69) is 45.5 Å². The number of rotatable bonds is 4. The van der Waals surface area contributed by atoms with Crippen molar-refractivity contribution in [2.24, 2.45) is 5.41 Å². The Kier molecular flexibility index (Phi) is 4.43.